The highest BCUT2D eigenvalue weighted by Gasteiger charge is 2.92. The number of carbonyl (C=O) groups excluding carboxylic acids is 1. The molecule has 14 nitrogen and oxygen atoms in total. The third-order valence-electron chi connectivity index (χ3n) is 15.9. The number of amides is 1. The van der Waals surface area contributed by atoms with Gasteiger partial charge in [0.2, 0.25) is 0 Å². The molecule has 64 heavy (non-hydrogen) atoms. The number of aliphatic imine (C=N–C) groups is 1. The van der Waals surface area contributed by atoms with Crippen LogP contribution in [-0.4, -0.2) is 117 Å². The van der Waals surface area contributed by atoms with Crippen molar-refractivity contribution in [3.8, 4) is 0 Å². The van der Waals surface area contributed by atoms with Crippen molar-refractivity contribution in [1.82, 2.24) is 14.9 Å². The molecule has 7 atom stereocenters. The molecular formula is C49H61N7O7S. The fraction of sp³-hybridized carbons (Fsp3) is 0.531. The van der Waals surface area contributed by atoms with Crippen LogP contribution in [-0.2, 0) is 17.7 Å². The van der Waals surface area contributed by atoms with Crippen molar-refractivity contribution in [1.29, 1.82) is 0 Å². The van der Waals surface area contributed by atoms with Crippen molar-refractivity contribution in [2.45, 2.75) is 96.5 Å². The van der Waals surface area contributed by atoms with Crippen molar-refractivity contribution >= 4 is 55.7 Å². The van der Waals surface area contributed by atoms with Gasteiger partial charge in [-0.1, -0.05) is 49.4 Å². The lowest BCUT2D eigenvalue weighted by molar-refractivity contribution is -0.350. The average Bonchev–Trinajstić information content (AvgIpc) is 3.88. The summed E-state index contributed by atoms with van der Waals surface area (Å²) in [7, 11) is 2.00. The number of carbonyl (C=O) groups is 2. The van der Waals surface area contributed by atoms with Crippen LogP contribution in [0.25, 0.3) is 15.8 Å². The molecule has 2 aromatic heterocycles. The van der Waals surface area contributed by atoms with E-state index in [9.17, 15) is 24.9 Å². The van der Waals surface area contributed by atoms with E-state index in [0.717, 1.165) is 47.0 Å². The van der Waals surface area contributed by atoms with Crippen LogP contribution in [0, 0.1) is 21.7 Å². The molecule has 2 aromatic carbocycles. The van der Waals surface area contributed by atoms with E-state index < -0.39 is 18.2 Å². The van der Waals surface area contributed by atoms with Crippen LogP contribution >= 0.6 is 11.3 Å². The molecule has 340 valence electrons. The van der Waals surface area contributed by atoms with Crippen molar-refractivity contribution in [3.63, 3.8) is 0 Å². The summed E-state index contributed by atoms with van der Waals surface area (Å²) < 4.78 is 7.90. The lowest BCUT2D eigenvalue weighted by Gasteiger charge is -2.83. The molecule has 1 amide bonds. The van der Waals surface area contributed by atoms with Gasteiger partial charge in [-0.25, -0.2) is 14.8 Å². The summed E-state index contributed by atoms with van der Waals surface area (Å²) in [6, 6.07) is 17.1. The Bertz CT molecular complexity index is 2510. The van der Waals surface area contributed by atoms with Crippen molar-refractivity contribution < 1.29 is 34.8 Å². The first-order chi connectivity index (χ1) is 30.6. The summed E-state index contributed by atoms with van der Waals surface area (Å²) in [5, 5.41) is 43.5. The van der Waals surface area contributed by atoms with Gasteiger partial charge in [0.05, 0.1) is 34.6 Å². The number of nitrogens with one attached hydrogen (secondary N) is 1. The zero-order valence-corrected chi connectivity index (χ0v) is 38.1. The molecular weight excluding hydrogens is 831 g/mol. The van der Waals surface area contributed by atoms with Gasteiger partial charge < -0.3 is 40.7 Å². The number of benzene rings is 2. The first kappa shape index (κ1) is 44.4. The number of hydrogen-bond donors (Lipinski definition) is 6. The quantitative estimate of drug-likeness (QED) is 0.0624. The van der Waals surface area contributed by atoms with Crippen LogP contribution < -0.4 is 16.0 Å². The van der Waals surface area contributed by atoms with Crippen LogP contribution in [0.1, 0.15) is 103 Å². The van der Waals surface area contributed by atoms with Gasteiger partial charge in [-0.2, -0.15) is 0 Å². The Hall–Kier alpha value is -4.77. The zero-order chi connectivity index (χ0) is 45.2. The molecule has 3 heterocycles. The second kappa shape index (κ2) is 16.6. The number of nitrogens with two attached hydrogens (primary N) is 1. The number of rotatable bonds is 18. The molecule has 4 aliphatic carbocycles. The van der Waals surface area contributed by atoms with Gasteiger partial charge in [-0.3, -0.25) is 15.1 Å². The zero-order valence-electron chi connectivity index (χ0n) is 37.3. The highest BCUT2D eigenvalue weighted by Crippen LogP contribution is 2.96. The van der Waals surface area contributed by atoms with E-state index >= 15 is 0 Å². The molecule has 5 aliphatic rings. The standard InChI is InChI=1S/C49H61N7O7S/c1-30(51-29-47-25-45(2)24-46(3)26-48(27-47,28-49(45,46)47)63-21-19-55(4)17-15-37(58)38(59)16-20-57)34(22-50)32-12-13-40(53-41(32)43(61)62)56-18-14-31-8-7-9-33(35(31)23-56)42(60)54-44-52-36-10-5-6-11-39(36)64-44/h5-13,22,37-38,57-59H,14-21,23-29,50H2,1-4H3,(H,61,62)(H,52,54,60). The highest BCUT2D eigenvalue weighted by molar-refractivity contribution is 7.22. The predicted molar refractivity (Wildman–Crippen MR) is 249 cm³/mol. The summed E-state index contributed by atoms with van der Waals surface area (Å²) in [6.45, 7) is 10.1. The Morgan fingerprint density at radius 2 is 1.77 bits per heavy atom. The van der Waals surface area contributed by atoms with Gasteiger partial charge in [0.25, 0.3) is 5.91 Å². The number of carboxylic acids is 1. The smallest absolute Gasteiger partial charge is 0.355 e. The Balaban J connectivity index is 0.887. The van der Waals surface area contributed by atoms with Gasteiger partial charge in [0.1, 0.15) is 5.82 Å². The molecule has 2 bridgehead atoms. The fourth-order valence-electron chi connectivity index (χ4n) is 13.8. The normalized spacial score (nSPS) is 29.0. The number of allylic oxidation sites excluding steroid dienone is 1. The highest BCUT2D eigenvalue weighted by atomic mass is 32.1. The lowest BCUT2D eigenvalue weighted by atomic mass is 9.21. The minimum absolute atomic E-state index is 0.0285. The first-order valence-electron chi connectivity index (χ1n) is 22.6. The third-order valence-corrected chi connectivity index (χ3v) is 16.8. The number of para-hydroxylation sites is 1. The molecule has 7 N–H and O–H groups in total. The average molecular weight is 892 g/mol. The van der Waals surface area contributed by atoms with E-state index in [1.807, 2.05) is 67.4 Å². The Labute approximate surface area is 378 Å². The number of carboxylic acid groups (broad SMARTS) is 1. The molecule has 4 saturated carbocycles. The number of nitrogens with zero attached hydrogens (tertiary/aromatic N) is 5. The van der Waals surface area contributed by atoms with Crippen molar-refractivity contribution in [2.24, 2.45) is 32.4 Å². The predicted octanol–water partition coefficient (Wildman–Crippen LogP) is 6.14. The second-order valence-electron chi connectivity index (χ2n) is 19.9. The molecule has 1 spiro atoms. The number of aromatic carboxylic acids is 1. The maximum atomic E-state index is 13.7. The maximum absolute atomic E-state index is 13.7. The SMILES string of the molecule is CC(=NCC12CC3(OCCN(C)CCC(O)C(O)CCO)CC4(C)CC(C)(C1)C42C3)C(=CN)c1ccc(N2CCc3cccc(C(=O)Nc4nc5ccccc5s4)c3C2)nc1C(=O)O. The number of aromatic nitrogens is 2. The summed E-state index contributed by atoms with van der Waals surface area (Å²) in [6.07, 6.45) is 6.11. The largest absolute Gasteiger partial charge is 0.476 e. The minimum Gasteiger partial charge on any atom is -0.476 e. The first-order valence-corrected chi connectivity index (χ1v) is 23.4. The van der Waals surface area contributed by atoms with Gasteiger partial charge >= 0.3 is 5.97 Å². The Morgan fingerprint density at radius 1 is 0.984 bits per heavy atom. The minimum atomic E-state index is -1.16. The molecule has 4 fully saturated rings. The van der Waals surface area contributed by atoms with Crippen LogP contribution in [0.3, 0.4) is 0 Å². The number of pyridine rings is 1. The van der Waals surface area contributed by atoms with Crippen LogP contribution in [0.2, 0.25) is 0 Å². The van der Waals surface area contributed by atoms with Gasteiger partial charge in [0, 0.05) is 67.9 Å². The molecule has 7 unspecified atom stereocenters. The van der Waals surface area contributed by atoms with E-state index in [1.165, 1.54) is 24.0 Å². The maximum Gasteiger partial charge on any atom is 0.355 e. The second-order valence-corrected chi connectivity index (χ2v) is 20.9. The van der Waals surface area contributed by atoms with Crippen molar-refractivity contribution in [3.05, 3.63) is 88.7 Å². The molecule has 0 radical (unpaired) electrons. The molecule has 4 aromatic rings. The Morgan fingerprint density at radius 3 is 2.52 bits per heavy atom. The van der Waals surface area contributed by atoms with E-state index in [2.05, 4.69) is 29.0 Å². The van der Waals surface area contributed by atoms with Crippen LogP contribution in [0.4, 0.5) is 10.9 Å². The molecule has 1 aliphatic heterocycles. The van der Waals surface area contributed by atoms with E-state index in [4.69, 9.17) is 25.6 Å². The Kier molecular flexibility index (Phi) is 11.5. The monoisotopic (exact) mass is 891 g/mol. The topological polar surface area (TPSA) is 207 Å². The fourth-order valence-corrected chi connectivity index (χ4v) is 14.6. The van der Waals surface area contributed by atoms with Gasteiger partial charge in [-0.05, 0) is 128 Å². The number of aliphatic hydroxyl groups is 3. The number of anilines is 2. The molecule has 0 saturated heterocycles. The van der Waals surface area contributed by atoms with E-state index in [1.54, 1.807) is 6.07 Å². The number of likely N-dealkylation sites (N-methyl/N-ethyl adjacent to an activating group) is 1. The summed E-state index contributed by atoms with van der Waals surface area (Å²) in [4.78, 5) is 45.3. The molecule has 9 rings (SSSR count). The molecule has 15 heteroatoms. The summed E-state index contributed by atoms with van der Waals surface area (Å²) in [5.74, 6) is -0.905. The number of hydrogen-bond acceptors (Lipinski definition) is 13. The van der Waals surface area contributed by atoms with E-state index in [0.29, 0.717) is 85.5 Å². The number of aliphatic hydroxyl groups excluding tert-OH is 3. The third kappa shape index (κ3) is 7.23. The number of ether oxygens (including phenoxy) is 1. The summed E-state index contributed by atoms with van der Waals surface area (Å²) >= 11 is 1.43. The lowest BCUT2D eigenvalue weighted by Crippen LogP contribution is -2.78. The van der Waals surface area contributed by atoms with Crippen LogP contribution in [0.5, 0.6) is 0 Å². The van der Waals surface area contributed by atoms with E-state index in [-0.39, 0.29) is 51.9 Å². The number of fused-ring (bicyclic) bond motifs is 3. The summed E-state index contributed by atoms with van der Waals surface area (Å²) in [5.41, 5.74) is 11.4. The number of thiazole rings is 1. The van der Waals surface area contributed by atoms with Crippen LogP contribution in [0.15, 0.2) is 65.8 Å². The van der Waals surface area contributed by atoms with Gasteiger partial charge in [-0.15, -0.1) is 0 Å². The van der Waals surface area contributed by atoms with Gasteiger partial charge in [0.15, 0.2) is 10.8 Å². The van der Waals surface area contributed by atoms with Crippen molar-refractivity contribution in [2.75, 3.05) is 56.7 Å².